The molecule has 8 heteroatoms. The van der Waals surface area contributed by atoms with Crippen molar-refractivity contribution in [3.63, 3.8) is 0 Å². The lowest BCUT2D eigenvalue weighted by atomic mass is 10.1. The maximum absolute atomic E-state index is 12.8. The molecular formula is C16H22N4O4. The summed E-state index contributed by atoms with van der Waals surface area (Å²) in [6.07, 6.45) is 0.934. The predicted octanol–water partition coefficient (Wildman–Crippen LogP) is 0.723. The number of benzene rings is 1. The number of hydrogen-bond acceptors (Lipinski definition) is 6. The summed E-state index contributed by atoms with van der Waals surface area (Å²) in [5.74, 6) is 0.171. The second-order valence-electron chi connectivity index (χ2n) is 6.12. The van der Waals surface area contributed by atoms with E-state index in [1.54, 1.807) is 4.90 Å². The summed E-state index contributed by atoms with van der Waals surface area (Å²) in [6.45, 7) is 5.26. The van der Waals surface area contributed by atoms with Crippen LogP contribution in [0.1, 0.15) is 16.8 Å². The molecule has 2 fully saturated rings. The van der Waals surface area contributed by atoms with Crippen LogP contribution in [0.25, 0.3) is 0 Å². The molecule has 1 aromatic rings. The number of nitrogens with zero attached hydrogens (tertiary/aromatic N) is 3. The molecule has 1 unspecified atom stereocenters. The van der Waals surface area contributed by atoms with E-state index in [0.717, 1.165) is 32.6 Å². The van der Waals surface area contributed by atoms with Gasteiger partial charge in [-0.3, -0.25) is 19.8 Å². The number of non-ortho nitro benzene ring substituents is 1. The summed E-state index contributed by atoms with van der Waals surface area (Å²) < 4.78 is 5.22. The second kappa shape index (κ2) is 7.14. The molecule has 1 N–H and O–H groups in total. The zero-order valence-electron chi connectivity index (χ0n) is 13.7. The van der Waals surface area contributed by atoms with E-state index in [-0.39, 0.29) is 17.2 Å². The van der Waals surface area contributed by atoms with Crippen molar-refractivity contribution < 1.29 is 14.5 Å². The molecule has 130 valence electrons. The van der Waals surface area contributed by atoms with Crippen molar-refractivity contribution in [2.45, 2.75) is 12.5 Å². The summed E-state index contributed by atoms with van der Waals surface area (Å²) in [6, 6.07) is 4.50. The number of hydrogen-bond donors (Lipinski definition) is 1. The Hall–Kier alpha value is -2.19. The van der Waals surface area contributed by atoms with Gasteiger partial charge in [-0.05, 0) is 12.5 Å². The first kappa shape index (κ1) is 16.7. The standard InChI is InChI=1S/C16H22N4O4/c1-24-15-3-2-12(20(22)23)10-14(15)16(21)19-7-4-13(11-19)18-8-5-17-6-9-18/h2-3,10,13,17H,4-9,11H2,1H3. The number of nitro benzene ring substituents is 1. The predicted molar refractivity (Wildman–Crippen MR) is 88.4 cm³/mol. The summed E-state index contributed by atoms with van der Waals surface area (Å²) in [4.78, 5) is 27.5. The Balaban J connectivity index is 1.74. The molecule has 0 bridgehead atoms. The van der Waals surface area contributed by atoms with Gasteiger partial charge in [0.1, 0.15) is 5.75 Å². The van der Waals surface area contributed by atoms with Crippen LogP contribution in [0.15, 0.2) is 18.2 Å². The number of likely N-dealkylation sites (tertiary alicyclic amines) is 1. The smallest absolute Gasteiger partial charge is 0.270 e. The van der Waals surface area contributed by atoms with Crippen LogP contribution in [0.3, 0.4) is 0 Å². The average molecular weight is 334 g/mol. The van der Waals surface area contributed by atoms with Gasteiger partial charge in [-0.15, -0.1) is 0 Å². The Labute approximate surface area is 140 Å². The maximum atomic E-state index is 12.8. The SMILES string of the molecule is COc1ccc([N+](=O)[O-])cc1C(=O)N1CCC(N2CCNCC2)C1. The average Bonchev–Trinajstić information content (AvgIpc) is 3.11. The van der Waals surface area contributed by atoms with Crippen LogP contribution in [0.4, 0.5) is 5.69 Å². The summed E-state index contributed by atoms with van der Waals surface area (Å²) >= 11 is 0. The van der Waals surface area contributed by atoms with Crippen molar-refractivity contribution in [2.24, 2.45) is 0 Å². The van der Waals surface area contributed by atoms with E-state index >= 15 is 0 Å². The zero-order chi connectivity index (χ0) is 17.1. The highest BCUT2D eigenvalue weighted by atomic mass is 16.6. The Bertz CT molecular complexity index is 631. The lowest BCUT2D eigenvalue weighted by Gasteiger charge is -2.32. The summed E-state index contributed by atoms with van der Waals surface area (Å²) in [5, 5.41) is 14.3. The van der Waals surface area contributed by atoms with E-state index in [4.69, 9.17) is 4.74 Å². The Morgan fingerprint density at radius 3 is 2.75 bits per heavy atom. The molecule has 8 nitrogen and oxygen atoms in total. The van der Waals surface area contributed by atoms with Gasteiger partial charge in [0, 0.05) is 57.4 Å². The largest absolute Gasteiger partial charge is 0.496 e. The summed E-state index contributed by atoms with van der Waals surface area (Å²) in [7, 11) is 1.46. The van der Waals surface area contributed by atoms with Gasteiger partial charge in [0.15, 0.2) is 0 Å². The van der Waals surface area contributed by atoms with Crippen LogP contribution in [-0.2, 0) is 0 Å². The third-order valence-electron chi connectivity index (χ3n) is 4.74. The highest BCUT2D eigenvalue weighted by Gasteiger charge is 2.32. The third kappa shape index (κ3) is 3.34. The number of methoxy groups -OCH3 is 1. The molecule has 1 aromatic carbocycles. The fraction of sp³-hybridized carbons (Fsp3) is 0.562. The Kier molecular flexibility index (Phi) is 4.96. The molecule has 0 spiro atoms. The first-order valence-electron chi connectivity index (χ1n) is 8.16. The fourth-order valence-electron chi connectivity index (χ4n) is 3.42. The molecule has 24 heavy (non-hydrogen) atoms. The topological polar surface area (TPSA) is 87.9 Å². The minimum absolute atomic E-state index is 0.1000. The normalized spacial score (nSPS) is 21.7. The molecule has 3 rings (SSSR count). The van der Waals surface area contributed by atoms with Gasteiger partial charge in [-0.2, -0.15) is 0 Å². The van der Waals surface area contributed by atoms with Crippen LogP contribution in [0.2, 0.25) is 0 Å². The molecule has 2 aliphatic rings. The lowest BCUT2D eigenvalue weighted by Crippen LogP contribution is -2.49. The first-order chi connectivity index (χ1) is 11.6. The highest BCUT2D eigenvalue weighted by molar-refractivity contribution is 5.97. The van der Waals surface area contributed by atoms with Gasteiger partial charge in [0.05, 0.1) is 17.6 Å². The minimum atomic E-state index is -0.496. The number of piperazine rings is 1. The molecule has 2 heterocycles. The summed E-state index contributed by atoms with van der Waals surface area (Å²) in [5.41, 5.74) is 0.157. The van der Waals surface area contributed by atoms with Gasteiger partial charge < -0.3 is 15.0 Å². The number of nitrogens with one attached hydrogen (secondary N) is 1. The van der Waals surface area contributed by atoms with Crippen LogP contribution in [-0.4, -0.2) is 73.1 Å². The molecule has 0 radical (unpaired) electrons. The van der Waals surface area contributed by atoms with Crippen LogP contribution < -0.4 is 10.1 Å². The van der Waals surface area contributed by atoms with Gasteiger partial charge in [-0.1, -0.05) is 0 Å². The van der Waals surface area contributed by atoms with Gasteiger partial charge in [0.2, 0.25) is 0 Å². The van der Waals surface area contributed by atoms with Crippen molar-refractivity contribution in [3.8, 4) is 5.75 Å². The Morgan fingerprint density at radius 2 is 2.08 bits per heavy atom. The van der Waals surface area contributed by atoms with Crippen molar-refractivity contribution in [1.82, 2.24) is 15.1 Å². The maximum Gasteiger partial charge on any atom is 0.270 e. The van der Waals surface area contributed by atoms with Crippen LogP contribution in [0.5, 0.6) is 5.75 Å². The molecule has 2 aliphatic heterocycles. The molecule has 2 saturated heterocycles. The van der Waals surface area contributed by atoms with E-state index in [1.807, 2.05) is 0 Å². The monoisotopic (exact) mass is 334 g/mol. The van der Waals surface area contributed by atoms with Gasteiger partial charge >= 0.3 is 0 Å². The van der Waals surface area contributed by atoms with Gasteiger partial charge in [-0.25, -0.2) is 0 Å². The minimum Gasteiger partial charge on any atom is -0.496 e. The van der Waals surface area contributed by atoms with Crippen molar-refractivity contribution in [2.75, 3.05) is 46.4 Å². The van der Waals surface area contributed by atoms with Crippen LogP contribution in [0, 0.1) is 10.1 Å². The van der Waals surface area contributed by atoms with E-state index in [9.17, 15) is 14.9 Å². The van der Waals surface area contributed by atoms with Crippen molar-refractivity contribution in [3.05, 3.63) is 33.9 Å². The number of nitro groups is 1. The molecule has 0 aromatic heterocycles. The fourth-order valence-corrected chi connectivity index (χ4v) is 3.42. The van der Waals surface area contributed by atoms with E-state index < -0.39 is 4.92 Å². The lowest BCUT2D eigenvalue weighted by molar-refractivity contribution is -0.384. The third-order valence-corrected chi connectivity index (χ3v) is 4.74. The number of rotatable bonds is 4. The zero-order valence-corrected chi connectivity index (χ0v) is 13.7. The highest BCUT2D eigenvalue weighted by Crippen LogP contribution is 2.27. The first-order valence-corrected chi connectivity index (χ1v) is 8.16. The van der Waals surface area contributed by atoms with Crippen LogP contribution >= 0.6 is 0 Å². The number of carbonyl (C=O) groups is 1. The number of ether oxygens (including phenoxy) is 1. The molecule has 1 amide bonds. The molecule has 0 saturated carbocycles. The van der Waals surface area contributed by atoms with E-state index in [1.165, 1.54) is 25.3 Å². The van der Waals surface area contributed by atoms with E-state index in [2.05, 4.69) is 10.2 Å². The van der Waals surface area contributed by atoms with Crippen molar-refractivity contribution in [1.29, 1.82) is 0 Å². The molecular weight excluding hydrogens is 312 g/mol. The Morgan fingerprint density at radius 1 is 1.33 bits per heavy atom. The molecule has 0 aliphatic carbocycles. The molecule has 1 atom stereocenters. The van der Waals surface area contributed by atoms with Gasteiger partial charge in [0.25, 0.3) is 11.6 Å². The van der Waals surface area contributed by atoms with E-state index in [0.29, 0.717) is 24.9 Å². The van der Waals surface area contributed by atoms with Crippen molar-refractivity contribution >= 4 is 11.6 Å². The number of carbonyl (C=O) groups excluding carboxylic acids is 1. The second-order valence-corrected chi connectivity index (χ2v) is 6.12. The quantitative estimate of drug-likeness (QED) is 0.645. The number of amides is 1.